The van der Waals surface area contributed by atoms with Gasteiger partial charge in [0.05, 0.1) is 10.1 Å². The number of nitrogens with zero attached hydrogens (tertiary/aromatic N) is 4. The third-order valence-corrected chi connectivity index (χ3v) is 7.18. The van der Waals surface area contributed by atoms with Gasteiger partial charge in [-0.05, 0) is 55.9 Å². The molecule has 4 aromatic rings. The van der Waals surface area contributed by atoms with Gasteiger partial charge in [-0.25, -0.2) is 0 Å². The predicted molar refractivity (Wildman–Crippen MR) is 113 cm³/mol. The second-order valence-electron chi connectivity index (χ2n) is 7.35. The van der Waals surface area contributed by atoms with Crippen molar-refractivity contribution in [3.63, 3.8) is 0 Å². The first kappa shape index (κ1) is 18.6. The molecule has 2 atom stereocenters. The predicted octanol–water partition coefficient (Wildman–Crippen LogP) is 5.83. The highest BCUT2D eigenvalue weighted by atomic mass is 32.2. The molecule has 3 heterocycles. The molecule has 0 radical (unpaired) electrons. The molecule has 1 aliphatic carbocycles. The molecular formula is C21H20N4O2S2. The number of thioether (sulfide) groups is 1. The summed E-state index contributed by atoms with van der Waals surface area (Å²) in [5.41, 5.74) is 2.34. The van der Waals surface area contributed by atoms with Crippen molar-refractivity contribution in [1.29, 1.82) is 0 Å². The van der Waals surface area contributed by atoms with Crippen molar-refractivity contribution in [2.75, 3.05) is 0 Å². The topological polar surface area (TPSA) is 77.8 Å². The molecule has 0 spiro atoms. The van der Waals surface area contributed by atoms with Crippen molar-refractivity contribution in [3.05, 3.63) is 52.7 Å². The minimum absolute atomic E-state index is 0.0920. The summed E-state index contributed by atoms with van der Waals surface area (Å²) >= 11 is 3.20. The van der Waals surface area contributed by atoms with Crippen molar-refractivity contribution in [1.82, 2.24) is 20.4 Å². The fourth-order valence-corrected chi connectivity index (χ4v) is 5.31. The van der Waals surface area contributed by atoms with E-state index in [0.29, 0.717) is 22.9 Å². The maximum Gasteiger partial charge on any atom is 0.277 e. The van der Waals surface area contributed by atoms with Crippen molar-refractivity contribution in [2.45, 2.75) is 43.6 Å². The molecular weight excluding hydrogens is 404 g/mol. The highest BCUT2D eigenvalue weighted by molar-refractivity contribution is 7.99. The van der Waals surface area contributed by atoms with Crippen LogP contribution in [0.25, 0.3) is 22.2 Å². The standard InChI is InChI=1S/C21H20N4O2S2/c1-12-8-9-16-15(10-12)11-17(29-16)20-24-25-21(27-20)28-13(2)18-22-23-19(26-18)14-6-4-3-5-7-14/h3-7,11-13H,8-10H2,1-2H3/t12-,13-/m1/s1. The Morgan fingerprint density at radius 1 is 1.07 bits per heavy atom. The molecule has 8 heteroatoms. The molecule has 0 fully saturated rings. The lowest BCUT2D eigenvalue weighted by Gasteiger charge is -2.16. The molecule has 0 aliphatic heterocycles. The number of aryl methyl sites for hydroxylation is 1. The van der Waals surface area contributed by atoms with E-state index >= 15 is 0 Å². The van der Waals surface area contributed by atoms with E-state index in [0.717, 1.165) is 29.2 Å². The molecule has 3 aromatic heterocycles. The van der Waals surface area contributed by atoms with Crippen LogP contribution in [-0.2, 0) is 12.8 Å². The van der Waals surface area contributed by atoms with Crippen molar-refractivity contribution < 1.29 is 8.83 Å². The van der Waals surface area contributed by atoms with Crippen LogP contribution in [0.3, 0.4) is 0 Å². The van der Waals surface area contributed by atoms with E-state index in [1.165, 1.54) is 28.6 Å². The van der Waals surface area contributed by atoms with Crippen LogP contribution in [0, 0.1) is 5.92 Å². The van der Waals surface area contributed by atoms with Gasteiger partial charge in [0.25, 0.3) is 11.1 Å². The van der Waals surface area contributed by atoms with Crippen LogP contribution < -0.4 is 0 Å². The summed E-state index contributed by atoms with van der Waals surface area (Å²) in [6.07, 6.45) is 3.54. The lowest BCUT2D eigenvalue weighted by Crippen LogP contribution is -2.07. The summed E-state index contributed by atoms with van der Waals surface area (Å²) in [5.74, 6) is 2.38. The van der Waals surface area contributed by atoms with E-state index in [4.69, 9.17) is 8.83 Å². The average Bonchev–Trinajstić information content (AvgIpc) is 3.47. The van der Waals surface area contributed by atoms with Gasteiger partial charge in [-0.2, -0.15) is 0 Å². The summed E-state index contributed by atoms with van der Waals surface area (Å²) in [6.45, 7) is 4.30. The minimum atomic E-state index is -0.0920. The second-order valence-corrected chi connectivity index (χ2v) is 9.78. The Morgan fingerprint density at radius 2 is 1.90 bits per heavy atom. The Morgan fingerprint density at radius 3 is 2.76 bits per heavy atom. The molecule has 0 saturated carbocycles. The molecule has 0 saturated heterocycles. The third-order valence-electron chi connectivity index (χ3n) is 5.03. The quantitative estimate of drug-likeness (QED) is 0.373. The fraction of sp³-hybridized carbons (Fsp3) is 0.333. The van der Waals surface area contributed by atoms with Gasteiger partial charge in [0, 0.05) is 10.4 Å². The normalized spacial score (nSPS) is 17.2. The summed E-state index contributed by atoms with van der Waals surface area (Å²) < 4.78 is 11.7. The van der Waals surface area contributed by atoms with Gasteiger partial charge < -0.3 is 8.83 Å². The number of rotatable bonds is 5. The number of benzene rings is 1. The first-order valence-electron chi connectivity index (χ1n) is 9.66. The number of hydrogen-bond donors (Lipinski definition) is 0. The molecule has 5 rings (SSSR count). The van der Waals surface area contributed by atoms with Crippen LogP contribution in [-0.4, -0.2) is 20.4 Å². The highest BCUT2D eigenvalue weighted by Crippen LogP contribution is 2.39. The van der Waals surface area contributed by atoms with Gasteiger partial charge in [-0.15, -0.1) is 31.7 Å². The number of hydrogen-bond acceptors (Lipinski definition) is 8. The van der Waals surface area contributed by atoms with Gasteiger partial charge in [-0.1, -0.05) is 36.9 Å². The summed E-state index contributed by atoms with van der Waals surface area (Å²) in [6, 6.07) is 11.9. The molecule has 0 amide bonds. The van der Waals surface area contributed by atoms with Crippen LogP contribution in [0.4, 0.5) is 0 Å². The van der Waals surface area contributed by atoms with Crippen molar-refractivity contribution >= 4 is 23.1 Å². The van der Waals surface area contributed by atoms with Crippen LogP contribution >= 0.6 is 23.1 Å². The highest BCUT2D eigenvalue weighted by Gasteiger charge is 2.23. The number of fused-ring (bicyclic) bond motifs is 1. The van der Waals surface area contributed by atoms with E-state index in [-0.39, 0.29) is 5.25 Å². The Labute approximate surface area is 176 Å². The molecule has 0 unspecified atom stereocenters. The van der Waals surface area contributed by atoms with Crippen LogP contribution in [0.1, 0.15) is 41.8 Å². The first-order valence-corrected chi connectivity index (χ1v) is 11.4. The second kappa shape index (κ2) is 7.76. The third kappa shape index (κ3) is 3.86. The van der Waals surface area contributed by atoms with Crippen molar-refractivity contribution in [2.24, 2.45) is 5.92 Å². The smallest absolute Gasteiger partial charge is 0.277 e. The monoisotopic (exact) mass is 424 g/mol. The van der Waals surface area contributed by atoms with Gasteiger partial charge in [0.15, 0.2) is 0 Å². The molecule has 1 aliphatic rings. The SMILES string of the molecule is C[C@@H]1CCc2sc(-c3nnc(S[C@H](C)c4nnc(-c5ccccc5)o4)o3)cc2C1. The van der Waals surface area contributed by atoms with Crippen LogP contribution in [0.15, 0.2) is 50.5 Å². The molecule has 6 nitrogen and oxygen atoms in total. The van der Waals surface area contributed by atoms with Crippen molar-refractivity contribution in [3.8, 4) is 22.2 Å². The van der Waals surface area contributed by atoms with Gasteiger partial charge in [-0.3, -0.25) is 0 Å². The number of thiophene rings is 1. The van der Waals surface area contributed by atoms with Gasteiger partial charge >= 0.3 is 0 Å². The lowest BCUT2D eigenvalue weighted by atomic mass is 9.90. The van der Waals surface area contributed by atoms with Gasteiger partial charge in [0.2, 0.25) is 11.8 Å². The van der Waals surface area contributed by atoms with Crippen LogP contribution in [0.2, 0.25) is 0 Å². The van der Waals surface area contributed by atoms with E-state index in [1.54, 1.807) is 11.3 Å². The Bertz CT molecular complexity index is 1120. The summed E-state index contributed by atoms with van der Waals surface area (Å²) in [7, 11) is 0. The molecule has 1 aromatic carbocycles. The molecule has 0 N–H and O–H groups in total. The zero-order valence-electron chi connectivity index (χ0n) is 16.2. The fourth-order valence-electron chi connectivity index (χ4n) is 3.47. The maximum absolute atomic E-state index is 5.92. The lowest BCUT2D eigenvalue weighted by molar-refractivity contribution is 0.462. The average molecular weight is 425 g/mol. The Hall–Kier alpha value is -2.45. The summed E-state index contributed by atoms with van der Waals surface area (Å²) in [4.78, 5) is 2.51. The minimum Gasteiger partial charge on any atom is -0.419 e. The largest absolute Gasteiger partial charge is 0.419 e. The zero-order chi connectivity index (χ0) is 19.8. The van der Waals surface area contributed by atoms with E-state index in [2.05, 4.69) is 33.4 Å². The van der Waals surface area contributed by atoms with Crippen LogP contribution in [0.5, 0.6) is 0 Å². The number of aromatic nitrogens is 4. The maximum atomic E-state index is 5.92. The first-order chi connectivity index (χ1) is 14.2. The summed E-state index contributed by atoms with van der Waals surface area (Å²) in [5, 5.41) is 17.2. The zero-order valence-corrected chi connectivity index (χ0v) is 17.8. The van der Waals surface area contributed by atoms with Gasteiger partial charge in [0.1, 0.15) is 0 Å². The van der Waals surface area contributed by atoms with E-state index < -0.39 is 0 Å². The molecule has 0 bridgehead atoms. The van der Waals surface area contributed by atoms with E-state index in [1.807, 2.05) is 37.3 Å². The Balaban J connectivity index is 1.30. The Kier molecular flexibility index (Phi) is 4.97. The molecule has 29 heavy (non-hydrogen) atoms. The molecule has 148 valence electrons. The van der Waals surface area contributed by atoms with E-state index in [9.17, 15) is 0 Å².